The van der Waals surface area contributed by atoms with Crippen molar-refractivity contribution < 1.29 is 19.1 Å². The number of aromatic nitrogens is 4. The predicted molar refractivity (Wildman–Crippen MR) is 88.6 cm³/mol. The lowest BCUT2D eigenvalue weighted by Gasteiger charge is -2.18. The zero-order valence-corrected chi connectivity index (χ0v) is 14.6. The molecule has 0 radical (unpaired) electrons. The van der Waals surface area contributed by atoms with Gasteiger partial charge < -0.3 is 19.8 Å². The number of fused-ring (bicyclic) bond motifs is 1. The maximum atomic E-state index is 11.2. The summed E-state index contributed by atoms with van der Waals surface area (Å²) >= 11 is 6.18. The van der Waals surface area contributed by atoms with Gasteiger partial charge >= 0.3 is 11.9 Å². The van der Waals surface area contributed by atoms with Gasteiger partial charge in [-0.15, -0.1) is 0 Å². The van der Waals surface area contributed by atoms with Gasteiger partial charge in [-0.3, -0.25) is 9.59 Å². The maximum Gasteiger partial charge on any atom is 0.302 e. The number of hydrogen-bond donors (Lipinski definition) is 1. The molecule has 134 valence electrons. The number of nitrogens with zero attached hydrogens (tertiary/aromatic N) is 4. The molecule has 1 saturated carbocycles. The average Bonchev–Trinajstić information content (AvgIpc) is 3.05. The maximum absolute atomic E-state index is 11.2. The molecule has 0 saturated heterocycles. The van der Waals surface area contributed by atoms with E-state index in [1.165, 1.54) is 13.8 Å². The Bertz CT molecular complexity index is 839. The first-order chi connectivity index (χ1) is 11.8. The first-order valence-corrected chi connectivity index (χ1v) is 8.09. The van der Waals surface area contributed by atoms with E-state index in [1.54, 1.807) is 6.33 Å². The van der Waals surface area contributed by atoms with Gasteiger partial charge in [0.15, 0.2) is 10.8 Å². The van der Waals surface area contributed by atoms with Gasteiger partial charge in [-0.25, -0.2) is 4.98 Å². The van der Waals surface area contributed by atoms with Crippen molar-refractivity contribution in [1.29, 1.82) is 0 Å². The Labute approximate surface area is 148 Å². The molecule has 2 N–H and O–H groups in total. The Morgan fingerprint density at radius 2 is 2.08 bits per heavy atom. The van der Waals surface area contributed by atoms with E-state index in [9.17, 15) is 9.59 Å². The Morgan fingerprint density at radius 3 is 2.76 bits per heavy atom. The number of halogens is 1. The Hall–Kier alpha value is -2.42. The lowest BCUT2D eigenvalue weighted by atomic mass is 10.1. The molecule has 0 bridgehead atoms. The molecule has 0 aliphatic heterocycles. The monoisotopic (exact) mass is 367 g/mol. The number of carbonyl (C=O) groups is 2. The van der Waals surface area contributed by atoms with Crippen LogP contribution in [-0.4, -0.2) is 44.7 Å². The van der Waals surface area contributed by atoms with E-state index in [0.717, 1.165) is 6.42 Å². The van der Waals surface area contributed by atoms with Gasteiger partial charge in [0.2, 0.25) is 5.95 Å². The minimum absolute atomic E-state index is 0.0523. The van der Waals surface area contributed by atoms with Gasteiger partial charge in [-0.05, 0) is 6.42 Å². The van der Waals surface area contributed by atoms with Crippen molar-refractivity contribution in [3.8, 4) is 0 Å². The Morgan fingerprint density at radius 1 is 1.36 bits per heavy atom. The number of imidazole rings is 1. The minimum atomic E-state index is -0.359. The molecule has 2 aromatic heterocycles. The van der Waals surface area contributed by atoms with Gasteiger partial charge in [0, 0.05) is 31.7 Å². The van der Waals surface area contributed by atoms with Crippen LogP contribution in [0.5, 0.6) is 0 Å². The van der Waals surface area contributed by atoms with Crippen LogP contribution < -0.4 is 5.73 Å². The molecule has 1 fully saturated rings. The van der Waals surface area contributed by atoms with E-state index in [0.29, 0.717) is 17.7 Å². The quantitative estimate of drug-likeness (QED) is 0.596. The van der Waals surface area contributed by atoms with Crippen molar-refractivity contribution in [2.24, 2.45) is 11.3 Å². The fourth-order valence-electron chi connectivity index (χ4n) is 2.96. The highest BCUT2D eigenvalue weighted by atomic mass is 35.5. The second-order valence-electron chi connectivity index (χ2n) is 6.26. The summed E-state index contributed by atoms with van der Waals surface area (Å²) in [5, 5.41) is 0.208. The van der Waals surface area contributed by atoms with Gasteiger partial charge in [-0.2, -0.15) is 9.97 Å². The summed E-state index contributed by atoms with van der Waals surface area (Å²) in [6.07, 6.45) is 2.35. The number of nitrogens with two attached hydrogens (primary N) is 1. The van der Waals surface area contributed by atoms with Gasteiger partial charge in [0.25, 0.3) is 0 Å². The van der Waals surface area contributed by atoms with Crippen LogP contribution >= 0.6 is 11.6 Å². The van der Waals surface area contributed by atoms with E-state index in [4.69, 9.17) is 26.8 Å². The normalized spacial score (nSPS) is 22.0. The molecule has 0 spiro atoms. The molecule has 25 heavy (non-hydrogen) atoms. The van der Waals surface area contributed by atoms with Crippen molar-refractivity contribution in [1.82, 2.24) is 19.5 Å². The predicted octanol–water partition coefficient (Wildman–Crippen LogP) is 1.19. The average molecular weight is 368 g/mol. The van der Waals surface area contributed by atoms with Crippen LogP contribution in [0.1, 0.15) is 20.3 Å². The molecule has 1 aliphatic carbocycles. The summed E-state index contributed by atoms with van der Waals surface area (Å²) in [5.41, 5.74) is 6.20. The summed E-state index contributed by atoms with van der Waals surface area (Å²) < 4.78 is 12.1. The molecule has 2 atom stereocenters. The zero-order chi connectivity index (χ0) is 18.2. The summed E-state index contributed by atoms with van der Waals surface area (Å²) in [4.78, 5) is 34.5. The van der Waals surface area contributed by atoms with E-state index in [1.807, 2.05) is 4.57 Å². The van der Waals surface area contributed by atoms with Crippen LogP contribution in [-0.2, 0) is 25.6 Å². The second kappa shape index (κ2) is 6.47. The summed E-state index contributed by atoms with van der Waals surface area (Å²) in [5.74, 6) is -0.561. The first-order valence-electron chi connectivity index (χ1n) is 7.71. The van der Waals surface area contributed by atoms with Gasteiger partial charge in [0.1, 0.15) is 5.52 Å². The van der Waals surface area contributed by atoms with Gasteiger partial charge in [0.05, 0.1) is 19.5 Å². The van der Waals surface area contributed by atoms with Crippen molar-refractivity contribution in [3.05, 3.63) is 11.5 Å². The van der Waals surface area contributed by atoms with Crippen molar-refractivity contribution in [3.63, 3.8) is 0 Å². The zero-order valence-electron chi connectivity index (χ0n) is 13.9. The number of ether oxygens (including phenoxy) is 2. The molecular weight excluding hydrogens is 350 g/mol. The summed E-state index contributed by atoms with van der Waals surface area (Å²) in [6, 6.07) is 0. The highest BCUT2D eigenvalue weighted by molar-refractivity contribution is 6.33. The van der Waals surface area contributed by atoms with Gasteiger partial charge in [-0.1, -0.05) is 11.6 Å². The molecule has 0 amide bonds. The first kappa shape index (κ1) is 17.4. The van der Waals surface area contributed by atoms with Crippen LogP contribution in [0.25, 0.3) is 11.2 Å². The number of nitrogen functional groups attached to an aromatic ring is 1. The highest BCUT2D eigenvalue weighted by Crippen LogP contribution is 2.54. The second-order valence-corrected chi connectivity index (χ2v) is 6.62. The smallest absolute Gasteiger partial charge is 0.302 e. The van der Waals surface area contributed by atoms with Crippen molar-refractivity contribution in [2.75, 3.05) is 18.9 Å². The summed E-state index contributed by atoms with van der Waals surface area (Å²) in [6.45, 7) is 3.70. The SMILES string of the molecule is CC(=O)OC[C@@H]1C[C@@]1(COC(C)=O)Cn1cnc2nc(N)nc(Cl)c21. The fourth-order valence-corrected chi connectivity index (χ4v) is 3.24. The third-order valence-corrected chi connectivity index (χ3v) is 4.61. The van der Waals surface area contributed by atoms with Crippen LogP contribution in [0, 0.1) is 11.3 Å². The number of rotatable bonds is 6. The largest absolute Gasteiger partial charge is 0.466 e. The van der Waals surface area contributed by atoms with Crippen molar-refractivity contribution in [2.45, 2.75) is 26.8 Å². The molecule has 2 aromatic rings. The van der Waals surface area contributed by atoms with Crippen molar-refractivity contribution >= 4 is 40.7 Å². The van der Waals surface area contributed by atoms with E-state index in [-0.39, 0.29) is 47.6 Å². The number of anilines is 1. The Kier molecular flexibility index (Phi) is 4.51. The fraction of sp³-hybridized carbons (Fsp3) is 0.533. The standard InChI is InChI=1S/C15H18ClN5O4/c1-8(22)24-4-10-3-15(10,6-25-9(2)23)5-21-7-18-13-11(21)12(16)19-14(17)20-13/h7,10H,3-6H2,1-2H3,(H2,17,19,20)/t10-,15-/m0/s1. The van der Waals surface area contributed by atoms with Crippen LogP contribution in [0.3, 0.4) is 0 Å². The number of carbonyl (C=O) groups excluding carboxylic acids is 2. The van der Waals surface area contributed by atoms with E-state index in [2.05, 4.69) is 15.0 Å². The lowest BCUT2D eigenvalue weighted by Crippen LogP contribution is -2.23. The highest BCUT2D eigenvalue weighted by Gasteiger charge is 2.56. The lowest BCUT2D eigenvalue weighted by molar-refractivity contribution is -0.145. The molecule has 3 rings (SSSR count). The Balaban J connectivity index is 1.84. The third-order valence-electron chi connectivity index (χ3n) is 4.34. The number of esters is 2. The van der Waals surface area contributed by atoms with E-state index >= 15 is 0 Å². The molecular formula is C15H18ClN5O4. The van der Waals surface area contributed by atoms with Crippen LogP contribution in [0.15, 0.2) is 6.33 Å². The topological polar surface area (TPSA) is 122 Å². The third kappa shape index (κ3) is 3.65. The molecule has 0 unspecified atom stereocenters. The minimum Gasteiger partial charge on any atom is -0.466 e. The molecule has 2 heterocycles. The van der Waals surface area contributed by atoms with E-state index < -0.39 is 0 Å². The summed E-state index contributed by atoms with van der Waals surface area (Å²) in [7, 11) is 0. The van der Waals surface area contributed by atoms with Crippen LogP contribution in [0.2, 0.25) is 5.15 Å². The van der Waals surface area contributed by atoms with Crippen LogP contribution in [0.4, 0.5) is 5.95 Å². The number of hydrogen-bond acceptors (Lipinski definition) is 8. The molecule has 1 aliphatic rings. The molecule has 9 nitrogen and oxygen atoms in total. The molecule has 0 aromatic carbocycles. The molecule has 10 heteroatoms.